The van der Waals surface area contributed by atoms with E-state index in [1.807, 2.05) is 39.8 Å². The highest BCUT2D eigenvalue weighted by Gasteiger charge is 2.21. The maximum Gasteiger partial charge on any atom is 0.261 e. The van der Waals surface area contributed by atoms with Crippen LogP contribution in [0.5, 0.6) is 5.75 Å². The van der Waals surface area contributed by atoms with Gasteiger partial charge in [-0.2, -0.15) is 0 Å². The zero-order valence-electron chi connectivity index (χ0n) is 19.1. The highest BCUT2D eigenvalue weighted by molar-refractivity contribution is 5.81. The van der Waals surface area contributed by atoms with Crippen LogP contribution in [0.15, 0.2) is 42.5 Å². The van der Waals surface area contributed by atoms with Crippen LogP contribution in [0.3, 0.4) is 0 Å². The molecule has 1 aliphatic rings. The molecule has 0 aliphatic carbocycles. The topological polar surface area (TPSA) is 41.6 Å². The largest absolute Gasteiger partial charge is 0.481 e. The van der Waals surface area contributed by atoms with E-state index in [4.69, 9.17) is 4.74 Å². The summed E-state index contributed by atoms with van der Waals surface area (Å²) in [5.41, 5.74) is 4.65. The maximum atomic E-state index is 12.8. The van der Waals surface area contributed by atoms with Gasteiger partial charge in [0.1, 0.15) is 5.75 Å². The van der Waals surface area contributed by atoms with Crippen molar-refractivity contribution < 1.29 is 9.53 Å². The molecule has 1 fully saturated rings. The molecule has 1 amide bonds. The smallest absolute Gasteiger partial charge is 0.261 e. The molecule has 0 saturated carbocycles. The predicted molar refractivity (Wildman–Crippen MR) is 124 cm³/mol. The summed E-state index contributed by atoms with van der Waals surface area (Å²) in [6, 6.07) is 14.6. The van der Waals surface area contributed by atoms with Crippen LogP contribution in [0.1, 0.15) is 62.8 Å². The van der Waals surface area contributed by atoms with Gasteiger partial charge in [-0.05, 0) is 86.9 Å². The average Bonchev–Trinajstić information content (AvgIpc) is 2.72. The fourth-order valence-electron chi connectivity index (χ4n) is 4.12. The van der Waals surface area contributed by atoms with Crippen molar-refractivity contribution in [2.24, 2.45) is 5.92 Å². The van der Waals surface area contributed by atoms with Crippen molar-refractivity contribution in [3.8, 4) is 5.75 Å². The van der Waals surface area contributed by atoms with Gasteiger partial charge >= 0.3 is 0 Å². The Bertz CT molecular complexity index is 818. The fraction of sp³-hybridized carbons (Fsp3) is 0.500. The fourth-order valence-corrected chi connectivity index (χ4v) is 4.12. The molecule has 1 N–H and O–H groups in total. The van der Waals surface area contributed by atoms with Crippen molar-refractivity contribution in [1.29, 1.82) is 0 Å². The Hall–Kier alpha value is -2.49. The van der Waals surface area contributed by atoms with E-state index in [-0.39, 0.29) is 11.9 Å². The Balaban J connectivity index is 1.59. The minimum atomic E-state index is -0.497. The van der Waals surface area contributed by atoms with Crippen LogP contribution in [0, 0.1) is 19.8 Å². The maximum absolute atomic E-state index is 12.8. The van der Waals surface area contributed by atoms with Crippen molar-refractivity contribution in [3.63, 3.8) is 0 Å². The van der Waals surface area contributed by atoms with E-state index in [9.17, 15) is 4.79 Å². The Labute approximate surface area is 181 Å². The van der Waals surface area contributed by atoms with Crippen molar-refractivity contribution in [2.45, 2.75) is 66.0 Å². The molecule has 4 nitrogen and oxygen atoms in total. The van der Waals surface area contributed by atoms with Crippen LogP contribution in [0.2, 0.25) is 0 Å². The summed E-state index contributed by atoms with van der Waals surface area (Å²) in [6.07, 6.45) is 2.64. The van der Waals surface area contributed by atoms with Gasteiger partial charge in [-0.15, -0.1) is 0 Å². The van der Waals surface area contributed by atoms with Gasteiger partial charge in [0.05, 0.1) is 6.04 Å². The quantitative estimate of drug-likeness (QED) is 0.651. The molecule has 0 radical (unpaired) electrons. The lowest BCUT2D eigenvalue weighted by molar-refractivity contribution is -0.128. The molecule has 1 saturated heterocycles. The Morgan fingerprint density at radius 3 is 2.27 bits per heavy atom. The van der Waals surface area contributed by atoms with E-state index in [1.54, 1.807) is 0 Å². The van der Waals surface area contributed by atoms with Crippen molar-refractivity contribution in [2.75, 3.05) is 18.0 Å². The summed E-state index contributed by atoms with van der Waals surface area (Å²) < 4.78 is 6.01. The third-order valence-corrected chi connectivity index (χ3v) is 6.04. The van der Waals surface area contributed by atoms with Gasteiger partial charge in [0, 0.05) is 18.8 Å². The second kappa shape index (κ2) is 10.0. The number of piperidine rings is 1. The first kappa shape index (κ1) is 22.2. The molecule has 162 valence electrons. The summed E-state index contributed by atoms with van der Waals surface area (Å²) in [7, 11) is 0. The van der Waals surface area contributed by atoms with Crippen LogP contribution < -0.4 is 15.0 Å². The van der Waals surface area contributed by atoms with E-state index in [0.29, 0.717) is 6.42 Å². The normalized spacial score (nSPS) is 16.8. The molecular formula is C26H36N2O2. The van der Waals surface area contributed by atoms with Gasteiger partial charge < -0.3 is 15.0 Å². The molecule has 3 rings (SSSR count). The third kappa shape index (κ3) is 5.78. The Kier molecular flexibility index (Phi) is 7.41. The number of nitrogens with zero attached hydrogens (tertiary/aromatic N) is 1. The van der Waals surface area contributed by atoms with Crippen LogP contribution in [-0.4, -0.2) is 25.1 Å². The highest BCUT2D eigenvalue weighted by Crippen LogP contribution is 2.25. The molecule has 0 bridgehead atoms. The third-order valence-electron chi connectivity index (χ3n) is 6.04. The number of carbonyl (C=O) groups is 1. The van der Waals surface area contributed by atoms with E-state index >= 15 is 0 Å². The number of benzene rings is 2. The number of hydrogen-bond acceptors (Lipinski definition) is 3. The number of carbonyl (C=O) groups excluding carboxylic acids is 1. The number of hydrogen-bond donors (Lipinski definition) is 1. The summed E-state index contributed by atoms with van der Waals surface area (Å²) >= 11 is 0. The van der Waals surface area contributed by atoms with Crippen molar-refractivity contribution in [3.05, 3.63) is 59.2 Å². The minimum Gasteiger partial charge on any atom is -0.481 e. The lowest BCUT2D eigenvalue weighted by Gasteiger charge is -2.32. The van der Waals surface area contributed by atoms with Crippen molar-refractivity contribution >= 4 is 11.6 Å². The van der Waals surface area contributed by atoms with Gasteiger partial charge in [-0.1, -0.05) is 32.0 Å². The number of amides is 1. The molecule has 0 spiro atoms. The van der Waals surface area contributed by atoms with Crippen LogP contribution in [0.25, 0.3) is 0 Å². The second-order valence-electron chi connectivity index (χ2n) is 8.83. The molecule has 30 heavy (non-hydrogen) atoms. The summed E-state index contributed by atoms with van der Waals surface area (Å²) in [6.45, 7) is 12.7. The van der Waals surface area contributed by atoms with Gasteiger partial charge in [0.2, 0.25) is 0 Å². The summed E-state index contributed by atoms with van der Waals surface area (Å²) in [4.78, 5) is 15.3. The van der Waals surface area contributed by atoms with Gasteiger partial charge in [0.25, 0.3) is 5.91 Å². The van der Waals surface area contributed by atoms with Gasteiger partial charge in [-0.3, -0.25) is 4.79 Å². The van der Waals surface area contributed by atoms with E-state index in [1.165, 1.54) is 18.5 Å². The zero-order chi connectivity index (χ0) is 21.7. The number of ether oxygens (including phenoxy) is 1. The van der Waals surface area contributed by atoms with Crippen LogP contribution in [0.4, 0.5) is 5.69 Å². The standard InChI is InChI=1S/C26H36N2O2/c1-6-25(30-24-16-19(3)15-20(4)17-24)26(29)27-21(5)22-7-9-23(10-8-22)28-13-11-18(2)12-14-28/h7-10,15-18,21,25H,6,11-14H2,1-5H3,(H,27,29)/t21-,25-/m1/s1. The molecule has 2 atom stereocenters. The highest BCUT2D eigenvalue weighted by atomic mass is 16.5. The zero-order valence-corrected chi connectivity index (χ0v) is 19.1. The number of rotatable bonds is 7. The minimum absolute atomic E-state index is 0.0650. The first-order valence-electron chi connectivity index (χ1n) is 11.3. The molecule has 0 unspecified atom stereocenters. The Morgan fingerprint density at radius 2 is 1.70 bits per heavy atom. The van der Waals surface area contributed by atoms with Gasteiger partial charge in [-0.25, -0.2) is 0 Å². The second-order valence-corrected chi connectivity index (χ2v) is 8.83. The van der Waals surface area contributed by atoms with E-state index in [0.717, 1.165) is 41.4 Å². The molecule has 1 heterocycles. The SMILES string of the molecule is CC[C@@H](Oc1cc(C)cc(C)c1)C(=O)N[C@H](C)c1ccc(N2CCC(C)CC2)cc1. The lowest BCUT2D eigenvalue weighted by atomic mass is 9.98. The molecule has 2 aromatic carbocycles. The van der Waals surface area contributed by atoms with Crippen LogP contribution >= 0.6 is 0 Å². The average molecular weight is 409 g/mol. The molecule has 2 aromatic rings. The number of anilines is 1. The number of aryl methyl sites for hydroxylation is 2. The molecular weight excluding hydrogens is 372 g/mol. The predicted octanol–water partition coefficient (Wildman–Crippen LogP) is 5.57. The first-order chi connectivity index (χ1) is 14.4. The summed E-state index contributed by atoms with van der Waals surface area (Å²) in [5.74, 6) is 1.51. The molecule has 0 aromatic heterocycles. The van der Waals surface area contributed by atoms with Gasteiger partial charge in [0.15, 0.2) is 6.10 Å². The molecule has 4 heteroatoms. The van der Waals surface area contributed by atoms with E-state index < -0.39 is 6.10 Å². The Morgan fingerprint density at radius 1 is 1.10 bits per heavy atom. The lowest BCUT2D eigenvalue weighted by Crippen LogP contribution is -2.39. The molecule has 1 aliphatic heterocycles. The first-order valence-corrected chi connectivity index (χ1v) is 11.3. The van der Waals surface area contributed by atoms with Crippen LogP contribution in [-0.2, 0) is 4.79 Å². The van der Waals surface area contributed by atoms with Crippen molar-refractivity contribution in [1.82, 2.24) is 5.32 Å². The summed E-state index contributed by atoms with van der Waals surface area (Å²) in [5, 5.41) is 3.12. The monoisotopic (exact) mass is 408 g/mol. The van der Waals surface area contributed by atoms with E-state index in [2.05, 4.69) is 47.5 Å². The number of nitrogens with one attached hydrogen (secondary N) is 1.